The summed E-state index contributed by atoms with van der Waals surface area (Å²) >= 11 is 0.927. The monoisotopic (exact) mass is 256 g/mol. The number of anilines is 2. The van der Waals surface area contributed by atoms with E-state index in [1.807, 2.05) is 0 Å². The average Bonchev–Trinajstić information content (AvgIpc) is 2.70. The van der Waals surface area contributed by atoms with Gasteiger partial charge in [-0.2, -0.15) is 8.75 Å². The van der Waals surface area contributed by atoms with Crippen molar-refractivity contribution in [3.8, 4) is 0 Å². The molecule has 6 nitrogen and oxygen atoms in total. The van der Waals surface area contributed by atoms with E-state index in [1.54, 1.807) is 12.1 Å². The zero-order chi connectivity index (χ0) is 11.6. The highest BCUT2D eigenvalue weighted by Crippen LogP contribution is 2.16. The van der Waals surface area contributed by atoms with Gasteiger partial charge in [0.05, 0.1) is 22.8 Å². The number of nitrogen functional groups attached to an aromatic ring is 1. The van der Waals surface area contributed by atoms with E-state index in [-0.39, 0.29) is 10.7 Å². The summed E-state index contributed by atoms with van der Waals surface area (Å²) in [6.45, 7) is 0. The summed E-state index contributed by atoms with van der Waals surface area (Å²) in [6, 6.07) is 6.02. The molecule has 0 aliphatic rings. The van der Waals surface area contributed by atoms with Gasteiger partial charge in [-0.1, -0.05) is 6.07 Å². The maximum absolute atomic E-state index is 11.8. The second-order valence-electron chi connectivity index (χ2n) is 2.97. The van der Waals surface area contributed by atoms with Gasteiger partial charge in [0.2, 0.25) is 0 Å². The van der Waals surface area contributed by atoms with Gasteiger partial charge in [0.25, 0.3) is 10.0 Å². The quantitative estimate of drug-likeness (QED) is 0.796. The summed E-state index contributed by atoms with van der Waals surface area (Å²) in [5.74, 6) is 0.201. The van der Waals surface area contributed by atoms with Crippen LogP contribution in [0.4, 0.5) is 11.5 Å². The van der Waals surface area contributed by atoms with Crippen LogP contribution in [0, 0.1) is 0 Å². The molecule has 84 valence electrons. The van der Waals surface area contributed by atoms with E-state index in [0.717, 1.165) is 11.7 Å². The molecule has 8 heteroatoms. The highest BCUT2D eigenvalue weighted by Gasteiger charge is 2.15. The van der Waals surface area contributed by atoms with Crippen molar-refractivity contribution in [2.75, 3.05) is 10.5 Å². The molecule has 16 heavy (non-hydrogen) atoms. The van der Waals surface area contributed by atoms with Crippen LogP contribution in [0.3, 0.4) is 0 Å². The van der Waals surface area contributed by atoms with Gasteiger partial charge >= 0.3 is 0 Å². The average molecular weight is 256 g/mol. The van der Waals surface area contributed by atoms with Crippen LogP contribution in [-0.4, -0.2) is 17.2 Å². The zero-order valence-electron chi connectivity index (χ0n) is 7.99. The van der Waals surface area contributed by atoms with E-state index in [9.17, 15) is 8.42 Å². The van der Waals surface area contributed by atoms with Gasteiger partial charge in [0.15, 0.2) is 5.82 Å². The number of aromatic nitrogens is 2. The van der Waals surface area contributed by atoms with Gasteiger partial charge < -0.3 is 5.73 Å². The number of rotatable bonds is 3. The first-order valence-corrected chi connectivity index (χ1v) is 6.45. The number of sulfonamides is 1. The van der Waals surface area contributed by atoms with Crippen molar-refractivity contribution in [1.82, 2.24) is 8.75 Å². The minimum atomic E-state index is -3.63. The minimum absolute atomic E-state index is 0.0977. The smallest absolute Gasteiger partial charge is 0.263 e. The molecule has 0 unspecified atom stereocenters. The third-order valence-corrected chi connectivity index (χ3v) is 3.60. The lowest BCUT2D eigenvalue weighted by atomic mass is 10.3. The molecule has 1 aromatic heterocycles. The summed E-state index contributed by atoms with van der Waals surface area (Å²) < 4.78 is 33.4. The second kappa shape index (κ2) is 4.06. The predicted molar refractivity (Wildman–Crippen MR) is 61.6 cm³/mol. The Kier molecular flexibility index (Phi) is 2.75. The van der Waals surface area contributed by atoms with Gasteiger partial charge in [-0.05, 0) is 18.2 Å². The van der Waals surface area contributed by atoms with Gasteiger partial charge in [0.1, 0.15) is 0 Å². The minimum Gasteiger partial charge on any atom is -0.399 e. The third kappa shape index (κ3) is 2.28. The predicted octanol–water partition coefficient (Wildman–Crippen LogP) is 0.921. The summed E-state index contributed by atoms with van der Waals surface area (Å²) in [5.41, 5.74) is 5.90. The van der Waals surface area contributed by atoms with E-state index in [0.29, 0.717) is 5.69 Å². The van der Waals surface area contributed by atoms with Crippen LogP contribution in [0.1, 0.15) is 0 Å². The standard InChI is InChI=1S/C8H8N4O2S2/c9-6-2-1-3-7(4-6)16(13,14)12-8-5-10-15-11-8/h1-5H,9H2,(H,11,12). The Morgan fingerprint density at radius 3 is 2.81 bits per heavy atom. The van der Waals surface area contributed by atoms with Crippen molar-refractivity contribution in [3.63, 3.8) is 0 Å². The van der Waals surface area contributed by atoms with Gasteiger partial charge in [-0.15, -0.1) is 0 Å². The molecule has 0 spiro atoms. The molecule has 3 N–H and O–H groups in total. The van der Waals surface area contributed by atoms with Crippen molar-refractivity contribution >= 4 is 33.3 Å². The molecule has 0 aliphatic heterocycles. The second-order valence-corrected chi connectivity index (χ2v) is 5.21. The molecule has 0 saturated carbocycles. The first kappa shape index (κ1) is 10.8. The molecule has 0 amide bonds. The fourth-order valence-corrected chi connectivity index (χ4v) is 2.56. The molecule has 0 fully saturated rings. The Morgan fingerprint density at radius 1 is 1.38 bits per heavy atom. The molecule has 0 atom stereocenters. The van der Waals surface area contributed by atoms with Crippen LogP contribution in [0.15, 0.2) is 35.4 Å². The van der Waals surface area contributed by atoms with Crippen LogP contribution in [-0.2, 0) is 10.0 Å². The molecule has 0 aliphatic carbocycles. The van der Waals surface area contributed by atoms with Crippen molar-refractivity contribution in [2.24, 2.45) is 0 Å². The molecular weight excluding hydrogens is 248 g/mol. The first-order chi connectivity index (χ1) is 7.58. The highest BCUT2D eigenvalue weighted by atomic mass is 32.2. The topological polar surface area (TPSA) is 98.0 Å². The summed E-state index contributed by atoms with van der Waals surface area (Å²) in [5, 5.41) is 0. The van der Waals surface area contributed by atoms with Gasteiger partial charge in [-0.3, -0.25) is 4.72 Å². The Hall–Kier alpha value is -1.67. The lowest BCUT2D eigenvalue weighted by molar-refractivity contribution is 0.601. The first-order valence-electron chi connectivity index (χ1n) is 4.24. The van der Waals surface area contributed by atoms with E-state index < -0.39 is 10.0 Å². The number of hydrogen-bond acceptors (Lipinski definition) is 6. The van der Waals surface area contributed by atoms with Crippen molar-refractivity contribution in [1.29, 1.82) is 0 Å². The lowest BCUT2D eigenvalue weighted by Crippen LogP contribution is -2.13. The number of nitrogens with zero attached hydrogens (tertiary/aromatic N) is 2. The number of nitrogens with one attached hydrogen (secondary N) is 1. The molecular formula is C8H8N4O2S2. The largest absolute Gasteiger partial charge is 0.399 e. The fraction of sp³-hybridized carbons (Fsp3) is 0. The van der Waals surface area contributed by atoms with E-state index >= 15 is 0 Å². The molecule has 2 rings (SSSR count). The Morgan fingerprint density at radius 2 is 2.19 bits per heavy atom. The van der Waals surface area contributed by atoms with E-state index in [4.69, 9.17) is 5.73 Å². The van der Waals surface area contributed by atoms with Gasteiger partial charge in [0, 0.05) is 5.69 Å². The van der Waals surface area contributed by atoms with E-state index in [1.165, 1.54) is 18.3 Å². The maximum Gasteiger partial charge on any atom is 0.263 e. The zero-order valence-corrected chi connectivity index (χ0v) is 9.62. The van der Waals surface area contributed by atoms with Crippen molar-refractivity contribution in [3.05, 3.63) is 30.5 Å². The summed E-state index contributed by atoms with van der Waals surface area (Å²) in [4.78, 5) is 0.0977. The SMILES string of the molecule is Nc1cccc(S(=O)(=O)Nc2cnsn2)c1. The Labute approximate surface area is 96.5 Å². The molecule has 1 heterocycles. The molecule has 1 aromatic carbocycles. The molecule has 2 aromatic rings. The number of benzene rings is 1. The van der Waals surface area contributed by atoms with Crippen LogP contribution < -0.4 is 10.5 Å². The van der Waals surface area contributed by atoms with Crippen LogP contribution in [0.2, 0.25) is 0 Å². The maximum atomic E-state index is 11.8. The van der Waals surface area contributed by atoms with E-state index in [2.05, 4.69) is 13.5 Å². The van der Waals surface area contributed by atoms with Crippen molar-refractivity contribution < 1.29 is 8.42 Å². The number of hydrogen-bond donors (Lipinski definition) is 2. The Balaban J connectivity index is 2.33. The molecule has 0 bridgehead atoms. The number of nitrogens with two attached hydrogens (primary N) is 1. The van der Waals surface area contributed by atoms with Crippen LogP contribution >= 0.6 is 11.7 Å². The summed E-state index contributed by atoms with van der Waals surface area (Å²) in [6.07, 6.45) is 1.34. The highest BCUT2D eigenvalue weighted by molar-refractivity contribution is 7.92. The van der Waals surface area contributed by atoms with Crippen molar-refractivity contribution in [2.45, 2.75) is 4.90 Å². The molecule has 0 saturated heterocycles. The lowest BCUT2D eigenvalue weighted by Gasteiger charge is -2.05. The van der Waals surface area contributed by atoms with Gasteiger partial charge in [-0.25, -0.2) is 8.42 Å². The third-order valence-electron chi connectivity index (χ3n) is 1.77. The fourth-order valence-electron chi connectivity index (χ4n) is 1.09. The summed E-state index contributed by atoms with van der Waals surface area (Å²) in [7, 11) is -3.63. The van der Waals surface area contributed by atoms with Crippen LogP contribution in [0.25, 0.3) is 0 Å². The Bertz CT molecular complexity index is 580. The van der Waals surface area contributed by atoms with Crippen LogP contribution in [0.5, 0.6) is 0 Å². The normalized spacial score (nSPS) is 11.2. The molecule has 0 radical (unpaired) electrons.